The number of fused-ring (bicyclic) bond motifs is 1. The largest absolute Gasteiger partial charge is 0.490 e. The molecule has 1 saturated carbocycles. The van der Waals surface area contributed by atoms with Crippen molar-refractivity contribution < 1.29 is 9.53 Å². The Morgan fingerprint density at radius 2 is 1.83 bits per heavy atom. The number of aromatic nitrogens is 2. The second-order valence-corrected chi connectivity index (χ2v) is 5.94. The molecular formula is C19H17N3O2. The molecule has 0 aliphatic heterocycles. The molecular weight excluding hydrogens is 302 g/mol. The monoisotopic (exact) mass is 319 g/mol. The molecule has 0 radical (unpaired) electrons. The standard InChI is InChI=1S/C19H17N3O2/c23-19(13-8-10-16(11-9-13)24-15-5-3-6-15)20-18-12-14-4-1-2-7-17(14)21-22-18/h1-2,4,7-12,15H,3,5-6H2,(H,20,22,23). The molecule has 1 N–H and O–H groups in total. The Hall–Kier alpha value is -2.95. The summed E-state index contributed by atoms with van der Waals surface area (Å²) in [6.45, 7) is 0. The lowest BCUT2D eigenvalue weighted by molar-refractivity contribution is 0.102. The molecule has 1 aliphatic carbocycles. The molecule has 3 aromatic rings. The average molecular weight is 319 g/mol. The lowest BCUT2D eigenvalue weighted by Gasteiger charge is -2.26. The van der Waals surface area contributed by atoms with Gasteiger partial charge in [-0.1, -0.05) is 18.2 Å². The highest BCUT2D eigenvalue weighted by atomic mass is 16.5. The second-order valence-electron chi connectivity index (χ2n) is 5.94. The van der Waals surface area contributed by atoms with Crippen LogP contribution in [0.25, 0.3) is 10.9 Å². The Morgan fingerprint density at radius 1 is 1.04 bits per heavy atom. The predicted octanol–water partition coefficient (Wildman–Crippen LogP) is 3.81. The molecule has 0 atom stereocenters. The molecule has 5 heteroatoms. The second kappa shape index (κ2) is 6.28. The highest BCUT2D eigenvalue weighted by molar-refractivity contribution is 6.04. The van der Waals surface area contributed by atoms with Crippen LogP contribution < -0.4 is 10.1 Å². The van der Waals surface area contributed by atoms with Crippen molar-refractivity contribution in [1.29, 1.82) is 0 Å². The van der Waals surface area contributed by atoms with Crippen molar-refractivity contribution >= 4 is 22.6 Å². The van der Waals surface area contributed by atoms with Gasteiger partial charge in [0.05, 0.1) is 11.6 Å². The van der Waals surface area contributed by atoms with Gasteiger partial charge in [0, 0.05) is 10.9 Å². The van der Waals surface area contributed by atoms with Crippen molar-refractivity contribution in [3.8, 4) is 5.75 Å². The van der Waals surface area contributed by atoms with Gasteiger partial charge >= 0.3 is 0 Å². The minimum Gasteiger partial charge on any atom is -0.490 e. The number of benzene rings is 2. The van der Waals surface area contributed by atoms with E-state index in [2.05, 4.69) is 15.5 Å². The molecule has 2 aromatic carbocycles. The van der Waals surface area contributed by atoms with Crippen LogP contribution in [-0.2, 0) is 0 Å². The van der Waals surface area contributed by atoms with Gasteiger partial charge in [0.15, 0.2) is 5.82 Å². The molecule has 1 fully saturated rings. The van der Waals surface area contributed by atoms with Crippen molar-refractivity contribution in [1.82, 2.24) is 10.2 Å². The first-order chi connectivity index (χ1) is 11.8. The summed E-state index contributed by atoms with van der Waals surface area (Å²) in [5.41, 5.74) is 1.36. The summed E-state index contributed by atoms with van der Waals surface area (Å²) < 4.78 is 5.80. The highest BCUT2D eigenvalue weighted by Crippen LogP contribution is 2.25. The number of anilines is 1. The summed E-state index contributed by atoms with van der Waals surface area (Å²) in [5.74, 6) is 1.03. The molecule has 0 saturated heterocycles. The number of nitrogens with zero attached hydrogens (tertiary/aromatic N) is 2. The van der Waals surface area contributed by atoms with Crippen molar-refractivity contribution in [3.05, 3.63) is 60.2 Å². The van der Waals surface area contributed by atoms with E-state index in [4.69, 9.17) is 4.74 Å². The van der Waals surface area contributed by atoms with Gasteiger partial charge in [0.25, 0.3) is 5.91 Å². The molecule has 1 aromatic heterocycles. The van der Waals surface area contributed by atoms with E-state index in [9.17, 15) is 4.79 Å². The third-order valence-corrected chi connectivity index (χ3v) is 4.21. The normalized spacial score (nSPS) is 14.2. The molecule has 1 amide bonds. The third kappa shape index (κ3) is 3.06. The van der Waals surface area contributed by atoms with E-state index < -0.39 is 0 Å². The molecule has 0 bridgehead atoms. The Morgan fingerprint density at radius 3 is 2.58 bits per heavy atom. The van der Waals surface area contributed by atoms with E-state index in [1.807, 2.05) is 42.5 Å². The van der Waals surface area contributed by atoms with E-state index in [0.717, 1.165) is 29.5 Å². The maximum absolute atomic E-state index is 12.3. The maximum atomic E-state index is 12.3. The number of rotatable bonds is 4. The van der Waals surface area contributed by atoms with E-state index in [1.165, 1.54) is 6.42 Å². The third-order valence-electron chi connectivity index (χ3n) is 4.21. The van der Waals surface area contributed by atoms with Gasteiger partial charge < -0.3 is 10.1 Å². The number of hydrogen-bond acceptors (Lipinski definition) is 4. The van der Waals surface area contributed by atoms with Gasteiger partial charge in [-0.15, -0.1) is 10.2 Å². The molecule has 1 aliphatic rings. The van der Waals surface area contributed by atoms with Crippen LogP contribution in [0.4, 0.5) is 5.82 Å². The van der Waals surface area contributed by atoms with Crippen LogP contribution >= 0.6 is 0 Å². The first kappa shape index (κ1) is 14.6. The van der Waals surface area contributed by atoms with Crippen LogP contribution in [0.1, 0.15) is 29.6 Å². The zero-order valence-electron chi connectivity index (χ0n) is 13.1. The predicted molar refractivity (Wildman–Crippen MR) is 92.2 cm³/mol. The van der Waals surface area contributed by atoms with Crippen LogP contribution in [0.3, 0.4) is 0 Å². The summed E-state index contributed by atoms with van der Waals surface area (Å²) in [5, 5.41) is 11.9. The van der Waals surface area contributed by atoms with E-state index >= 15 is 0 Å². The van der Waals surface area contributed by atoms with Crippen LogP contribution in [0, 0.1) is 0 Å². The topological polar surface area (TPSA) is 64.1 Å². The fourth-order valence-corrected chi connectivity index (χ4v) is 2.60. The lowest BCUT2D eigenvalue weighted by Crippen LogP contribution is -2.24. The molecule has 5 nitrogen and oxygen atoms in total. The minimum atomic E-state index is -0.213. The molecule has 24 heavy (non-hydrogen) atoms. The number of carbonyl (C=O) groups is 1. The van der Waals surface area contributed by atoms with Crippen molar-refractivity contribution in [3.63, 3.8) is 0 Å². The van der Waals surface area contributed by atoms with E-state index in [1.54, 1.807) is 12.1 Å². The van der Waals surface area contributed by atoms with E-state index in [0.29, 0.717) is 17.5 Å². The molecule has 1 heterocycles. The minimum absolute atomic E-state index is 0.213. The van der Waals surface area contributed by atoms with Gasteiger partial charge in [-0.05, 0) is 55.7 Å². The molecule has 4 rings (SSSR count). The molecule has 0 unspecified atom stereocenters. The fraction of sp³-hybridized carbons (Fsp3) is 0.211. The number of ether oxygens (including phenoxy) is 1. The summed E-state index contributed by atoms with van der Waals surface area (Å²) in [6.07, 6.45) is 3.79. The Kier molecular flexibility index (Phi) is 3.83. The van der Waals surface area contributed by atoms with Gasteiger partial charge in [-0.3, -0.25) is 4.79 Å². The zero-order valence-corrected chi connectivity index (χ0v) is 13.1. The van der Waals surface area contributed by atoms with Crippen LogP contribution in [0.2, 0.25) is 0 Å². The average Bonchev–Trinajstić information content (AvgIpc) is 2.58. The Balaban J connectivity index is 1.46. The van der Waals surface area contributed by atoms with Crippen molar-refractivity contribution in [2.24, 2.45) is 0 Å². The fourth-order valence-electron chi connectivity index (χ4n) is 2.60. The van der Waals surface area contributed by atoms with Crippen LogP contribution in [-0.4, -0.2) is 22.2 Å². The van der Waals surface area contributed by atoms with Gasteiger partial charge in [-0.25, -0.2) is 0 Å². The van der Waals surface area contributed by atoms with Crippen LogP contribution in [0.5, 0.6) is 5.75 Å². The van der Waals surface area contributed by atoms with Crippen molar-refractivity contribution in [2.45, 2.75) is 25.4 Å². The highest BCUT2D eigenvalue weighted by Gasteiger charge is 2.19. The lowest BCUT2D eigenvalue weighted by atomic mass is 9.96. The quantitative estimate of drug-likeness (QED) is 0.794. The smallest absolute Gasteiger partial charge is 0.256 e. The molecule has 0 spiro atoms. The first-order valence-corrected chi connectivity index (χ1v) is 8.08. The maximum Gasteiger partial charge on any atom is 0.256 e. The van der Waals surface area contributed by atoms with Crippen molar-refractivity contribution in [2.75, 3.05) is 5.32 Å². The number of carbonyl (C=O) groups excluding carboxylic acids is 1. The number of hydrogen-bond donors (Lipinski definition) is 1. The summed E-state index contributed by atoms with van der Waals surface area (Å²) in [7, 11) is 0. The summed E-state index contributed by atoms with van der Waals surface area (Å²) >= 11 is 0. The van der Waals surface area contributed by atoms with E-state index in [-0.39, 0.29) is 5.91 Å². The summed E-state index contributed by atoms with van der Waals surface area (Å²) in [6, 6.07) is 16.7. The zero-order chi connectivity index (χ0) is 16.4. The Labute approximate surface area is 139 Å². The SMILES string of the molecule is O=C(Nc1cc2ccccc2nn1)c1ccc(OC2CCC2)cc1. The van der Waals surface area contributed by atoms with Gasteiger partial charge in [0.2, 0.25) is 0 Å². The van der Waals surface area contributed by atoms with Gasteiger partial charge in [0.1, 0.15) is 5.75 Å². The molecule has 120 valence electrons. The first-order valence-electron chi connectivity index (χ1n) is 8.08. The number of nitrogens with one attached hydrogen (secondary N) is 1. The van der Waals surface area contributed by atoms with Gasteiger partial charge in [-0.2, -0.15) is 0 Å². The van der Waals surface area contributed by atoms with Crippen LogP contribution in [0.15, 0.2) is 54.6 Å². The Bertz CT molecular complexity index is 873. The number of amides is 1. The summed E-state index contributed by atoms with van der Waals surface area (Å²) in [4.78, 5) is 12.3.